The number of halogens is 1. The molecule has 2 aromatic carbocycles. The van der Waals surface area contributed by atoms with Crippen molar-refractivity contribution in [1.29, 1.82) is 0 Å². The molecule has 1 aliphatic carbocycles. The van der Waals surface area contributed by atoms with Crippen LogP contribution in [0.25, 0.3) is 0 Å². The summed E-state index contributed by atoms with van der Waals surface area (Å²) in [6.07, 6.45) is 2.82. The van der Waals surface area contributed by atoms with Crippen molar-refractivity contribution < 1.29 is 23.9 Å². The predicted molar refractivity (Wildman–Crippen MR) is 122 cm³/mol. The summed E-state index contributed by atoms with van der Waals surface area (Å²) in [5.74, 6) is -2.57. The number of imide groups is 1. The highest BCUT2D eigenvalue weighted by Gasteiger charge is 2.51. The van der Waals surface area contributed by atoms with Crippen molar-refractivity contribution in [3.05, 3.63) is 76.3 Å². The van der Waals surface area contributed by atoms with Crippen molar-refractivity contribution in [2.45, 2.75) is 19.8 Å². The van der Waals surface area contributed by atoms with Gasteiger partial charge in [-0.3, -0.25) is 19.2 Å². The van der Waals surface area contributed by atoms with Gasteiger partial charge < -0.3 is 4.74 Å². The van der Waals surface area contributed by atoms with Gasteiger partial charge in [0.25, 0.3) is 17.7 Å². The summed E-state index contributed by atoms with van der Waals surface area (Å²) in [6.45, 7) is 1.43. The lowest BCUT2D eigenvalue weighted by atomic mass is 9.82. The molecule has 1 aliphatic heterocycles. The number of rotatable bonds is 6. The third kappa shape index (κ3) is 4.28. The number of carbonyl (C=O) groups excluding carboxylic acids is 4. The Morgan fingerprint density at radius 3 is 2.39 bits per heavy atom. The Hall–Kier alpha value is -3.45. The quantitative estimate of drug-likeness (QED) is 0.366. The first-order valence-electron chi connectivity index (χ1n) is 10.6. The molecule has 2 aromatic rings. The summed E-state index contributed by atoms with van der Waals surface area (Å²) in [5.41, 5.74) is 1.45. The maximum atomic E-state index is 13.5. The van der Waals surface area contributed by atoms with E-state index in [1.165, 1.54) is 13.2 Å². The third-order valence-electron chi connectivity index (χ3n) is 6.09. The highest BCUT2D eigenvalue weighted by Crippen LogP contribution is 2.38. The van der Waals surface area contributed by atoms with E-state index in [9.17, 15) is 19.2 Å². The molecule has 2 atom stereocenters. The molecule has 1 fully saturated rings. The molecule has 8 heteroatoms. The Labute approximate surface area is 196 Å². The number of fused-ring (bicyclic) bond motifs is 1. The van der Waals surface area contributed by atoms with Crippen LogP contribution in [0.5, 0.6) is 5.75 Å². The first-order chi connectivity index (χ1) is 15.8. The van der Waals surface area contributed by atoms with E-state index in [-0.39, 0.29) is 10.6 Å². The number of carbonyl (C=O) groups is 4. The molecule has 0 aromatic heterocycles. The van der Waals surface area contributed by atoms with E-state index in [1.807, 2.05) is 13.0 Å². The number of ether oxygens (including phenoxy) is 1. The maximum absolute atomic E-state index is 13.5. The molecule has 0 bridgehead atoms. The monoisotopic (exact) mass is 466 g/mol. The van der Waals surface area contributed by atoms with E-state index in [2.05, 4.69) is 0 Å². The molecule has 0 radical (unpaired) electrons. The Morgan fingerprint density at radius 1 is 1.06 bits per heavy atom. The van der Waals surface area contributed by atoms with E-state index in [4.69, 9.17) is 16.3 Å². The van der Waals surface area contributed by atoms with Gasteiger partial charge >= 0.3 is 0 Å². The standard InChI is InChI=1S/C25H23ClN2O5/c1-15-7-12-18-20(13-15)25(32)28(24(18)31)27(23(30)19-5-3-4-6-21(19)26)14-22(29)16-8-10-17(33-2)11-9-16/h3-11,18,20H,12-14H2,1-2H3/t18-,20+/m0/s1. The van der Waals surface area contributed by atoms with Crippen LogP contribution in [0.3, 0.4) is 0 Å². The molecule has 7 nitrogen and oxygen atoms in total. The van der Waals surface area contributed by atoms with Crippen LogP contribution in [0.15, 0.2) is 60.2 Å². The second-order valence-electron chi connectivity index (χ2n) is 8.19. The second kappa shape index (κ2) is 9.19. The van der Waals surface area contributed by atoms with Crippen LogP contribution in [0.1, 0.15) is 40.5 Å². The molecular weight excluding hydrogens is 444 g/mol. The molecule has 3 amide bonds. The molecular formula is C25H23ClN2O5. The second-order valence-corrected chi connectivity index (χ2v) is 8.59. The predicted octanol–water partition coefficient (Wildman–Crippen LogP) is 3.93. The smallest absolute Gasteiger partial charge is 0.274 e. The highest BCUT2D eigenvalue weighted by molar-refractivity contribution is 6.34. The van der Waals surface area contributed by atoms with Gasteiger partial charge in [-0.25, -0.2) is 5.01 Å². The van der Waals surface area contributed by atoms with Gasteiger partial charge in [-0.15, -0.1) is 0 Å². The van der Waals surface area contributed by atoms with Crippen molar-refractivity contribution in [2.24, 2.45) is 11.8 Å². The van der Waals surface area contributed by atoms with Crippen molar-refractivity contribution in [1.82, 2.24) is 10.0 Å². The maximum Gasteiger partial charge on any atom is 0.274 e. The fraction of sp³-hybridized carbons (Fsp3) is 0.280. The van der Waals surface area contributed by atoms with Crippen LogP contribution in [-0.2, 0) is 9.59 Å². The van der Waals surface area contributed by atoms with Gasteiger partial charge in [-0.2, -0.15) is 5.01 Å². The van der Waals surface area contributed by atoms with Crippen LogP contribution in [-0.4, -0.2) is 47.2 Å². The van der Waals surface area contributed by atoms with Gasteiger partial charge in [0.1, 0.15) is 12.3 Å². The Balaban J connectivity index is 1.69. The van der Waals surface area contributed by atoms with Crippen molar-refractivity contribution >= 4 is 35.1 Å². The zero-order valence-electron chi connectivity index (χ0n) is 18.3. The Bertz CT molecular complexity index is 1160. The van der Waals surface area contributed by atoms with E-state index >= 15 is 0 Å². The molecule has 1 heterocycles. The molecule has 2 aliphatic rings. The number of hydrogen-bond donors (Lipinski definition) is 0. The van der Waals surface area contributed by atoms with Crippen LogP contribution < -0.4 is 4.74 Å². The lowest BCUT2D eigenvalue weighted by molar-refractivity contribution is -0.154. The fourth-order valence-electron chi connectivity index (χ4n) is 4.27. The SMILES string of the molecule is COc1ccc(C(=O)CN(C(=O)c2ccccc2Cl)N2C(=O)[C@H]3CC=C(C)C[C@H]3C2=O)cc1. The average Bonchev–Trinajstić information content (AvgIpc) is 3.06. The molecule has 1 saturated heterocycles. The topological polar surface area (TPSA) is 84.0 Å². The fourth-order valence-corrected chi connectivity index (χ4v) is 4.49. The number of methoxy groups -OCH3 is 1. The minimum Gasteiger partial charge on any atom is -0.497 e. The number of ketones is 1. The number of amides is 3. The third-order valence-corrected chi connectivity index (χ3v) is 6.41. The van der Waals surface area contributed by atoms with E-state index in [0.717, 1.165) is 15.6 Å². The summed E-state index contributed by atoms with van der Waals surface area (Å²) >= 11 is 6.23. The normalized spacial score (nSPS) is 19.7. The molecule has 170 valence electrons. The van der Waals surface area contributed by atoms with Gasteiger partial charge in [-0.1, -0.05) is 35.4 Å². The number of allylic oxidation sites excluding steroid dienone is 2. The minimum absolute atomic E-state index is 0.103. The molecule has 0 unspecified atom stereocenters. The van der Waals surface area contributed by atoms with Crippen molar-refractivity contribution in [3.8, 4) is 5.75 Å². The van der Waals surface area contributed by atoms with E-state index in [1.54, 1.807) is 42.5 Å². The minimum atomic E-state index is -0.688. The zero-order chi connectivity index (χ0) is 23.7. The van der Waals surface area contributed by atoms with E-state index in [0.29, 0.717) is 24.2 Å². The van der Waals surface area contributed by atoms with Gasteiger partial charge in [-0.05, 0) is 56.2 Å². The van der Waals surface area contributed by atoms with Gasteiger partial charge in [0.05, 0.1) is 29.5 Å². The molecule has 4 rings (SSSR count). The molecule has 0 N–H and O–H groups in total. The Kier molecular flexibility index (Phi) is 6.33. The first kappa shape index (κ1) is 22.7. The molecule has 0 saturated carbocycles. The summed E-state index contributed by atoms with van der Waals surface area (Å²) in [4.78, 5) is 53.1. The molecule has 0 spiro atoms. The number of hydrazine groups is 1. The lowest BCUT2D eigenvalue weighted by Gasteiger charge is -2.30. The number of nitrogens with zero attached hydrogens (tertiary/aromatic N) is 2. The van der Waals surface area contributed by atoms with Crippen LogP contribution in [0.2, 0.25) is 5.02 Å². The zero-order valence-corrected chi connectivity index (χ0v) is 19.0. The highest BCUT2D eigenvalue weighted by atomic mass is 35.5. The number of Topliss-reactive ketones (excluding diaryl/α,β-unsaturated/α-hetero) is 1. The van der Waals surface area contributed by atoms with Crippen LogP contribution in [0.4, 0.5) is 0 Å². The van der Waals surface area contributed by atoms with Crippen LogP contribution >= 0.6 is 11.6 Å². The van der Waals surface area contributed by atoms with Gasteiger partial charge in [0, 0.05) is 5.56 Å². The van der Waals surface area contributed by atoms with Crippen LogP contribution in [0, 0.1) is 11.8 Å². The lowest BCUT2D eigenvalue weighted by Crippen LogP contribution is -2.52. The number of benzene rings is 2. The van der Waals surface area contributed by atoms with Crippen molar-refractivity contribution in [2.75, 3.05) is 13.7 Å². The average molecular weight is 467 g/mol. The summed E-state index contributed by atoms with van der Waals surface area (Å²) in [6, 6.07) is 12.7. The van der Waals surface area contributed by atoms with Gasteiger partial charge in [0.2, 0.25) is 0 Å². The number of hydrogen-bond acceptors (Lipinski definition) is 5. The largest absolute Gasteiger partial charge is 0.497 e. The Morgan fingerprint density at radius 2 is 1.73 bits per heavy atom. The first-order valence-corrected chi connectivity index (χ1v) is 11.0. The van der Waals surface area contributed by atoms with E-state index < -0.39 is 41.9 Å². The summed E-state index contributed by atoms with van der Waals surface area (Å²) in [5, 5.41) is 1.96. The summed E-state index contributed by atoms with van der Waals surface area (Å²) < 4.78 is 5.12. The molecule has 33 heavy (non-hydrogen) atoms. The van der Waals surface area contributed by atoms with Gasteiger partial charge in [0.15, 0.2) is 5.78 Å². The van der Waals surface area contributed by atoms with Crippen molar-refractivity contribution in [3.63, 3.8) is 0 Å². The summed E-state index contributed by atoms with van der Waals surface area (Å²) in [7, 11) is 1.52.